The van der Waals surface area contributed by atoms with Gasteiger partial charge in [-0.05, 0) is 30.3 Å². The fraction of sp³-hybridized carbons (Fsp3) is 0. The number of fused-ring (bicyclic) bond motifs is 1. The average molecular weight is 258 g/mol. The Hall–Kier alpha value is -2.83. The molecule has 1 aromatic carbocycles. The van der Waals surface area contributed by atoms with Gasteiger partial charge in [-0.15, -0.1) is 5.10 Å². The zero-order chi connectivity index (χ0) is 13.4. The second kappa shape index (κ2) is 4.13. The molecule has 2 heterocycles. The van der Waals surface area contributed by atoms with E-state index < -0.39 is 4.92 Å². The summed E-state index contributed by atoms with van der Waals surface area (Å²) in [7, 11) is 0. The van der Waals surface area contributed by atoms with Crippen LogP contribution >= 0.6 is 0 Å². The smallest absolute Gasteiger partial charge is 0.258 e. The largest absolute Gasteiger partial charge is 0.287 e. The molecule has 0 unspecified atom stereocenters. The van der Waals surface area contributed by atoms with E-state index in [1.165, 1.54) is 35.0 Å². The summed E-state index contributed by atoms with van der Waals surface area (Å²) in [5, 5.41) is 14.8. The number of pyridine rings is 1. The van der Waals surface area contributed by atoms with E-state index in [1.54, 1.807) is 12.1 Å². The molecule has 0 fully saturated rings. The molecule has 0 amide bonds. The van der Waals surface area contributed by atoms with Gasteiger partial charge >= 0.3 is 0 Å². The van der Waals surface area contributed by atoms with Gasteiger partial charge in [-0.3, -0.25) is 10.1 Å². The molecule has 19 heavy (non-hydrogen) atoms. The van der Waals surface area contributed by atoms with E-state index in [4.69, 9.17) is 0 Å². The Bertz CT molecular complexity index is 767. The summed E-state index contributed by atoms with van der Waals surface area (Å²) in [6.07, 6.45) is 1.29. The molecular weight excluding hydrogens is 251 g/mol. The van der Waals surface area contributed by atoms with E-state index >= 15 is 0 Å². The highest BCUT2D eigenvalue weighted by Crippen LogP contribution is 2.18. The van der Waals surface area contributed by atoms with E-state index in [0.717, 1.165) is 0 Å². The third-order valence-electron chi connectivity index (χ3n) is 2.63. The van der Waals surface area contributed by atoms with Gasteiger partial charge in [-0.25, -0.2) is 13.9 Å². The quantitative estimate of drug-likeness (QED) is 0.522. The van der Waals surface area contributed by atoms with Gasteiger partial charge in [-0.2, -0.15) is 0 Å². The standard InChI is InChI=1S/C12H7FN4O2/c13-9-3-1-8(2-4-9)12-14-11-6-5-10(17(18)19)7-16(11)15-12/h1-7H. The van der Waals surface area contributed by atoms with Gasteiger partial charge < -0.3 is 0 Å². The normalized spacial score (nSPS) is 10.8. The van der Waals surface area contributed by atoms with Crippen LogP contribution in [0.2, 0.25) is 0 Å². The zero-order valence-corrected chi connectivity index (χ0v) is 9.52. The maximum atomic E-state index is 12.8. The van der Waals surface area contributed by atoms with E-state index in [1.807, 2.05) is 0 Å². The fourth-order valence-corrected chi connectivity index (χ4v) is 1.70. The number of nitro groups is 1. The van der Waals surface area contributed by atoms with Crippen molar-refractivity contribution in [3.8, 4) is 11.4 Å². The second-order valence-electron chi connectivity index (χ2n) is 3.89. The summed E-state index contributed by atoms with van der Waals surface area (Å²) in [6, 6.07) is 8.60. The second-order valence-corrected chi connectivity index (χ2v) is 3.89. The molecule has 6 nitrogen and oxygen atoms in total. The number of hydrogen-bond acceptors (Lipinski definition) is 4. The van der Waals surface area contributed by atoms with Crippen molar-refractivity contribution < 1.29 is 9.31 Å². The maximum Gasteiger partial charge on any atom is 0.287 e. The van der Waals surface area contributed by atoms with Crippen LogP contribution in [-0.4, -0.2) is 19.5 Å². The van der Waals surface area contributed by atoms with E-state index in [0.29, 0.717) is 17.0 Å². The topological polar surface area (TPSA) is 73.3 Å². The molecule has 0 aliphatic carbocycles. The maximum absolute atomic E-state index is 12.8. The SMILES string of the molecule is O=[N+]([O-])c1ccc2nc(-c3ccc(F)cc3)nn2c1. The Balaban J connectivity index is 2.11. The lowest BCUT2D eigenvalue weighted by Gasteiger charge is -1.93. The Morgan fingerprint density at radius 3 is 2.58 bits per heavy atom. The van der Waals surface area contributed by atoms with Crippen LogP contribution < -0.4 is 0 Å². The highest BCUT2D eigenvalue weighted by Gasteiger charge is 2.10. The predicted molar refractivity (Wildman–Crippen MR) is 65.0 cm³/mol. The summed E-state index contributed by atoms with van der Waals surface area (Å²) >= 11 is 0. The molecule has 0 aliphatic rings. The van der Waals surface area contributed by atoms with Crippen LogP contribution in [0.25, 0.3) is 17.0 Å². The van der Waals surface area contributed by atoms with Crippen LogP contribution in [0.4, 0.5) is 10.1 Å². The molecule has 0 aliphatic heterocycles. The lowest BCUT2D eigenvalue weighted by molar-refractivity contribution is -0.385. The number of benzene rings is 1. The Kier molecular flexibility index (Phi) is 2.45. The molecule has 0 saturated carbocycles. The first-order valence-electron chi connectivity index (χ1n) is 5.40. The minimum absolute atomic E-state index is 0.0666. The molecule has 0 radical (unpaired) electrons. The van der Waals surface area contributed by atoms with Gasteiger partial charge in [0.2, 0.25) is 0 Å². The van der Waals surface area contributed by atoms with Crippen molar-refractivity contribution in [3.63, 3.8) is 0 Å². The van der Waals surface area contributed by atoms with Gasteiger partial charge in [0.15, 0.2) is 11.5 Å². The van der Waals surface area contributed by atoms with Crippen molar-refractivity contribution in [2.45, 2.75) is 0 Å². The van der Waals surface area contributed by atoms with Gasteiger partial charge in [0.05, 0.1) is 4.92 Å². The predicted octanol–water partition coefficient (Wildman–Crippen LogP) is 2.44. The monoisotopic (exact) mass is 258 g/mol. The third kappa shape index (κ3) is 2.01. The molecular formula is C12H7FN4O2. The average Bonchev–Trinajstić information content (AvgIpc) is 2.82. The van der Waals surface area contributed by atoms with Gasteiger partial charge in [0.25, 0.3) is 5.69 Å². The minimum Gasteiger partial charge on any atom is -0.258 e. The van der Waals surface area contributed by atoms with Crippen molar-refractivity contribution >= 4 is 11.3 Å². The summed E-state index contributed by atoms with van der Waals surface area (Å²) in [5.74, 6) is 0.0450. The summed E-state index contributed by atoms with van der Waals surface area (Å²) in [4.78, 5) is 14.4. The first-order chi connectivity index (χ1) is 9.13. The molecule has 2 aromatic heterocycles. The van der Waals surface area contributed by atoms with Crippen LogP contribution in [0.3, 0.4) is 0 Å². The van der Waals surface area contributed by atoms with Gasteiger partial charge in [0, 0.05) is 11.6 Å². The number of aromatic nitrogens is 3. The van der Waals surface area contributed by atoms with Crippen LogP contribution in [0, 0.1) is 15.9 Å². The first kappa shape index (κ1) is 11.3. The Labute approximate surface area is 106 Å². The van der Waals surface area contributed by atoms with Crippen LogP contribution in [0.5, 0.6) is 0 Å². The number of halogens is 1. The lowest BCUT2D eigenvalue weighted by atomic mass is 10.2. The number of rotatable bonds is 2. The van der Waals surface area contributed by atoms with E-state index in [2.05, 4.69) is 10.1 Å². The Morgan fingerprint density at radius 2 is 1.89 bits per heavy atom. The summed E-state index contributed by atoms with van der Waals surface area (Å²) in [5.41, 5.74) is 1.07. The van der Waals surface area contributed by atoms with Crippen LogP contribution in [0.1, 0.15) is 0 Å². The van der Waals surface area contributed by atoms with E-state index in [9.17, 15) is 14.5 Å². The molecule has 0 saturated heterocycles. The summed E-state index contributed by atoms with van der Waals surface area (Å²) < 4.78 is 14.2. The van der Waals surface area contributed by atoms with E-state index in [-0.39, 0.29) is 11.5 Å². The van der Waals surface area contributed by atoms with Gasteiger partial charge in [-0.1, -0.05) is 0 Å². The highest BCUT2D eigenvalue weighted by atomic mass is 19.1. The minimum atomic E-state index is -0.501. The third-order valence-corrected chi connectivity index (χ3v) is 2.63. The number of nitrogens with zero attached hydrogens (tertiary/aromatic N) is 4. The van der Waals surface area contributed by atoms with Crippen molar-refractivity contribution in [2.75, 3.05) is 0 Å². The molecule has 0 atom stereocenters. The van der Waals surface area contributed by atoms with Crippen LogP contribution in [0.15, 0.2) is 42.6 Å². The molecule has 0 bridgehead atoms. The van der Waals surface area contributed by atoms with Crippen molar-refractivity contribution in [1.82, 2.24) is 14.6 Å². The molecule has 94 valence electrons. The highest BCUT2D eigenvalue weighted by molar-refractivity contribution is 5.58. The van der Waals surface area contributed by atoms with Crippen LogP contribution in [-0.2, 0) is 0 Å². The molecule has 3 rings (SSSR count). The zero-order valence-electron chi connectivity index (χ0n) is 9.52. The molecule has 7 heteroatoms. The molecule has 3 aromatic rings. The molecule has 0 N–H and O–H groups in total. The van der Waals surface area contributed by atoms with Crippen molar-refractivity contribution in [3.05, 3.63) is 58.5 Å². The fourth-order valence-electron chi connectivity index (χ4n) is 1.70. The van der Waals surface area contributed by atoms with Crippen molar-refractivity contribution in [1.29, 1.82) is 0 Å². The lowest BCUT2D eigenvalue weighted by Crippen LogP contribution is -1.92. The van der Waals surface area contributed by atoms with Crippen molar-refractivity contribution in [2.24, 2.45) is 0 Å². The van der Waals surface area contributed by atoms with Gasteiger partial charge in [0.1, 0.15) is 12.0 Å². The molecule has 0 spiro atoms. The Morgan fingerprint density at radius 1 is 1.16 bits per heavy atom. The first-order valence-corrected chi connectivity index (χ1v) is 5.40. The summed E-state index contributed by atoms with van der Waals surface area (Å²) in [6.45, 7) is 0. The number of hydrogen-bond donors (Lipinski definition) is 0.